The van der Waals surface area contributed by atoms with Gasteiger partial charge in [-0.25, -0.2) is 8.42 Å². The van der Waals surface area contributed by atoms with Crippen molar-refractivity contribution in [1.29, 1.82) is 0 Å². The molecule has 0 saturated heterocycles. The Balaban J connectivity index is 2.36. The summed E-state index contributed by atoms with van der Waals surface area (Å²) in [6.45, 7) is 2.47. The van der Waals surface area contributed by atoms with Gasteiger partial charge in [0.15, 0.2) is 0 Å². The highest BCUT2D eigenvalue weighted by Gasteiger charge is 2.34. The Labute approximate surface area is 113 Å². The van der Waals surface area contributed by atoms with Gasteiger partial charge in [0.05, 0.1) is 0 Å². The van der Waals surface area contributed by atoms with Crippen LogP contribution in [-0.2, 0) is 16.6 Å². The van der Waals surface area contributed by atoms with Gasteiger partial charge in [-0.1, -0.05) is 6.42 Å². The van der Waals surface area contributed by atoms with Crippen molar-refractivity contribution in [3.05, 3.63) is 15.8 Å². The molecule has 1 fully saturated rings. The Bertz CT molecular complexity index is 518. The van der Waals surface area contributed by atoms with Gasteiger partial charge in [0, 0.05) is 24.5 Å². The zero-order chi connectivity index (χ0) is 13.3. The van der Waals surface area contributed by atoms with E-state index in [2.05, 4.69) is 5.32 Å². The van der Waals surface area contributed by atoms with E-state index in [0.29, 0.717) is 11.4 Å². The van der Waals surface area contributed by atoms with Crippen LogP contribution in [-0.4, -0.2) is 32.9 Å². The topological polar surface area (TPSA) is 49.4 Å². The van der Waals surface area contributed by atoms with Gasteiger partial charge in [-0.05, 0) is 37.8 Å². The molecule has 2 rings (SSSR count). The van der Waals surface area contributed by atoms with Crippen LogP contribution in [0, 0.1) is 6.92 Å². The fraction of sp³-hybridized carbons (Fsp3) is 0.667. The van der Waals surface area contributed by atoms with Crippen LogP contribution in [0.15, 0.2) is 10.3 Å². The average molecular weight is 288 g/mol. The van der Waals surface area contributed by atoms with Gasteiger partial charge in [-0.2, -0.15) is 4.31 Å². The number of aryl methyl sites for hydroxylation is 1. The van der Waals surface area contributed by atoms with Gasteiger partial charge >= 0.3 is 0 Å². The zero-order valence-corrected chi connectivity index (χ0v) is 12.7. The minimum atomic E-state index is -3.34. The van der Waals surface area contributed by atoms with Crippen molar-refractivity contribution in [2.45, 2.75) is 43.7 Å². The van der Waals surface area contributed by atoms with E-state index in [4.69, 9.17) is 0 Å². The summed E-state index contributed by atoms with van der Waals surface area (Å²) in [6.07, 6.45) is 3.11. The lowest BCUT2D eigenvalue weighted by Gasteiger charge is -2.34. The van der Waals surface area contributed by atoms with Gasteiger partial charge in [-0.3, -0.25) is 0 Å². The summed E-state index contributed by atoms with van der Waals surface area (Å²) in [7, 11) is 0.207. The van der Waals surface area contributed by atoms with Crippen LogP contribution in [0.2, 0.25) is 0 Å². The predicted octanol–water partition coefficient (Wildman–Crippen LogP) is 1.95. The first-order valence-electron chi connectivity index (χ1n) is 6.18. The molecule has 0 spiro atoms. The maximum atomic E-state index is 12.6. The highest BCUT2D eigenvalue weighted by atomic mass is 32.2. The first-order valence-corrected chi connectivity index (χ1v) is 8.50. The number of thiophene rings is 1. The summed E-state index contributed by atoms with van der Waals surface area (Å²) in [5, 5.41) is 4.96. The SMILES string of the molecule is CNCc1scc(C)c1S(=O)(=O)N(C)C1CCC1. The fourth-order valence-corrected chi connectivity index (χ4v) is 5.39. The summed E-state index contributed by atoms with van der Waals surface area (Å²) in [6, 6.07) is 0.191. The normalized spacial score (nSPS) is 17.1. The maximum absolute atomic E-state index is 12.6. The van der Waals surface area contributed by atoms with Gasteiger partial charge < -0.3 is 5.32 Å². The van der Waals surface area contributed by atoms with Crippen LogP contribution in [0.5, 0.6) is 0 Å². The van der Waals surface area contributed by atoms with Gasteiger partial charge in [0.1, 0.15) is 4.90 Å². The average Bonchev–Trinajstić information content (AvgIpc) is 2.58. The van der Waals surface area contributed by atoms with Crippen LogP contribution in [0.1, 0.15) is 29.7 Å². The molecule has 1 aromatic rings. The first-order chi connectivity index (χ1) is 8.48. The Kier molecular flexibility index (Phi) is 4.11. The quantitative estimate of drug-likeness (QED) is 0.901. The Hall–Kier alpha value is -0.430. The molecule has 0 amide bonds. The van der Waals surface area contributed by atoms with E-state index >= 15 is 0 Å². The van der Waals surface area contributed by atoms with Gasteiger partial charge in [0.25, 0.3) is 0 Å². The van der Waals surface area contributed by atoms with E-state index in [-0.39, 0.29) is 6.04 Å². The highest BCUT2D eigenvalue weighted by molar-refractivity contribution is 7.89. The van der Waals surface area contributed by atoms with Crippen molar-refractivity contribution in [3.8, 4) is 0 Å². The van der Waals surface area contributed by atoms with Crippen LogP contribution >= 0.6 is 11.3 Å². The van der Waals surface area contributed by atoms with Crippen molar-refractivity contribution in [2.24, 2.45) is 0 Å². The standard InChI is InChI=1S/C12H20N2O2S2/c1-9-8-17-11(7-13-2)12(9)18(15,16)14(3)10-5-4-6-10/h8,10,13H,4-7H2,1-3H3. The first kappa shape index (κ1) is 14.0. The van der Waals surface area contributed by atoms with Crippen molar-refractivity contribution in [3.63, 3.8) is 0 Å². The van der Waals surface area contributed by atoms with E-state index in [1.54, 1.807) is 11.4 Å². The number of nitrogens with one attached hydrogen (secondary N) is 1. The largest absolute Gasteiger partial charge is 0.315 e. The van der Waals surface area contributed by atoms with E-state index in [1.165, 1.54) is 11.3 Å². The van der Waals surface area contributed by atoms with E-state index in [0.717, 1.165) is 29.7 Å². The van der Waals surface area contributed by atoms with Crippen LogP contribution in [0.25, 0.3) is 0 Å². The lowest BCUT2D eigenvalue weighted by molar-refractivity contribution is 0.249. The summed E-state index contributed by atoms with van der Waals surface area (Å²) in [5.41, 5.74) is 0.858. The van der Waals surface area contributed by atoms with Crippen LogP contribution in [0.4, 0.5) is 0 Å². The Morgan fingerprint density at radius 3 is 2.67 bits per heavy atom. The number of sulfonamides is 1. The summed E-state index contributed by atoms with van der Waals surface area (Å²) < 4.78 is 26.9. The number of hydrogen-bond acceptors (Lipinski definition) is 4. The second kappa shape index (κ2) is 5.28. The molecule has 0 aromatic carbocycles. The molecule has 1 N–H and O–H groups in total. The van der Waals surface area contributed by atoms with Crippen LogP contribution in [0.3, 0.4) is 0 Å². The summed E-state index contributed by atoms with van der Waals surface area (Å²) in [4.78, 5) is 1.41. The smallest absolute Gasteiger partial charge is 0.244 e. The molecule has 1 heterocycles. The predicted molar refractivity (Wildman–Crippen MR) is 74.4 cm³/mol. The minimum Gasteiger partial charge on any atom is -0.315 e. The number of rotatable bonds is 5. The van der Waals surface area contributed by atoms with E-state index in [1.807, 2.05) is 19.4 Å². The molecule has 4 nitrogen and oxygen atoms in total. The zero-order valence-electron chi connectivity index (χ0n) is 11.1. The third-order valence-electron chi connectivity index (χ3n) is 3.55. The molecule has 6 heteroatoms. The monoisotopic (exact) mass is 288 g/mol. The number of nitrogens with zero attached hydrogens (tertiary/aromatic N) is 1. The molecule has 0 atom stereocenters. The van der Waals surface area contributed by atoms with E-state index < -0.39 is 10.0 Å². The summed E-state index contributed by atoms with van der Waals surface area (Å²) >= 11 is 1.51. The molecule has 0 radical (unpaired) electrons. The molecule has 1 aliphatic rings. The molecule has 0 aliphatic heterocycles. The second-order valence-electron chi connectivity index (χ2n) is 4.81. The second-order valence-corrected chi connectivity index (χ2v) is 7.71. The lowest BCUT2D eigenvalue weighted by atomic mass is 9.94. The van der Waals surface area contributed by atoms with Gasteiger partial charge in [0.2, 0.25) is 10.0 Å². The van der Waals surface area contributed by atoms with E-state index in [9.17, 15) is 8.42 Å². The highest BCUT2D eigenvalue weighted by Crippen LogP contribution is 2.33. The molecule has 1 aliphatic carbocycles. The van der Waals surface area contributed by atoms with Crippen molar-refractivity contribution in [1.82, 2.24) is 9.62 Å². The minimum absolute atomic E-state index is 0.191. The maximum Gasteiger partial charge on any atom is 0.244 e. The molecule has 1 aromatic heterocycles. The molecule has 0 unspecified atom stereocenters. The molecular weight excluding hydrogens is 268 g/mol. The van der Waals surface area contributed by atoms with Crippen molar-refractivity contribution in [2.75, 3.05) is 14.1 Å². The molecule has 102 valence electrons. The van der Waals surface area contributed by atoms with Crippen molar-refractivity contribution >= 4 is 21.4 Å². The molecule has 18 heavy (non-hydrogen) atoms. The third-order valence-corrected chi connectivity index (χ3v) is 6.93. The Morgan fingerprint density at radius 1 is 1.50 bits per heavy atom. The molecular formula is C12H20N2O2S2. The molecule has 0 bridgehead atoms. The van der Waals surface area contributed by atoms with Gasteiger partial charge in [-0.15, -0.1) is 11.3 Å². The lowest BCUT2D eigenvalue weighted by Crippen LogP contribution is -2.41. The number of hydrogen-bond donors (Lipinski definition) is 1. The molecule has 1 saturated carbocycles. The Morgan fingerprint density at radius 2 is 2.17 bits per heavy atom. The summed E-state index contributed by atoms with van der Waals surface area (Å²) in [5.74, 6) is 0. The van der Waals surface area contributed by atoms with Crippen molar-refractivity contribution < 1.29 is 8.42 Å². The fourth-order valence-electron chi connectivity index (χ4n) is 2.21. The van der Waals surface area contributed by atoms with Crippen LogP contribution < -0.4 is 5.32 Å². The third kappa shape index (κ3) is 2.34.